The Balaban J connectivity index is 2.66. The van der Waals surface area contributed by atoms with Crippen LogP contribution in [0.3, 0.4) is 0 Å². The molecule has 74 valence electrons. The van der Waals surface area contributed by atoms with Gasteiger partial charge in [-0.15, -0.1) is 0 Å². The molecular formula is C10H12N2O2. The van der Waals surface area contributed by atoms with Gasteiger partial charge in [-0.1, -0.05) is 0 Å². The molecule has 0 aliphatic carbocycles. The number of fused-ring (bicyclic) bond motifs is 1. The third-order valence-electron chi connectivity index (χ3n) is 2.48. The van der Waals surface area contributed by atoms with Crippen molar-refractivity contribution in [2.75, 3.05) is 24.2 Å². The molecule has 1 aliphatic heterocycles. The number of aromatic hydroxyl groups is 1. The van der Waals surface area contributed by atoms with Crippen LogP contribution >= 0.6 is 0 Å². The summed E-state index contributed by atoms with van der Waals surface area (Å²) in [4.78, 5) is 13.5. The van der Waals surface area contributed by atoms with E-state index in [9.17, 15) is 9.90 Å². The highest BCUT2D eigenvalue weighted by Gasteiger charge is 2.23. The van der Waals surface area contributed by atoms with Gasteiger partial charge in [-0.25, -0.2) is 0 Å². The van der Waals surface area contributed by atoms with Gasteiger partial charge in [-0.05, 0) is 6.07 Å². The van der Waals surface area contributed by atoms with Gasteiger partial charge in [0.2, 0.25) is 0 Å². The second-order valence-electron chi connectivity index (χ2n) is 3.53. The Kier molecular flexibility index (Phi) is 1.84. The fourth-order valence-electron chi connectivity index (χ4n) is 1.80. The first-order valence-electron chi connectivity index (χ1n) is 4.46. The molecule has 4 nitrogen and oxygen atoms in total. The van der Waals surface area contributed by atoms with Crippen LogP contribution in [-0.4, -0.2) is 24.5 Å². The van der Waals surface area contributed by atoms with Gasteiger partial charge in [-0.3, -0.25) is 4.79 Å². The Bertz CT molecular complexity index is 401. The first-order chi connectivity index (χ1) is 6.59. The molecular weight excluding hydrogens is 180 g/mol. The third kappa shape index (κ3) is 1.19. The highest BCUT2D eigenvalue weighted by Crippen LogP contribution is 2.34. The summed E-state index contributed by atoms with van der Waals surface area (Å²) in [5, 5.41) is 9.32. The molecule has 3 N–H and O–H groups in total. The van der Waals surface area contributed by atoms with E-state index in [0.717, 1.165) is 5.69 Å². The zero-order valence-corrected chi connectivity index (χ0v) is 7.95. The van der Waals surface area contributed by atoms with Crippen LogP contribution in [0.15, 0.2) is 12.1 Å². The van der Waals surface area contributed by atoms with Crippen LogP contribution in [0, 0.1) is 0 Å². The van der Waals surface area contributed by atoms with Crippen molar-refractivity contribution in [2.45, 2.75) is 6.42 Å². The van der Waals surface area contributed by atoms with Crippen LogP contribution < -0.4 is 10.6 Å². The molecule has 0 amide bonds. The molecule has 0 spiro atoms. The molecule has 0 aromatic heterocycles. The number of ketones is 1. The van der Waals surface area contributed by atoms with Crippen molar-refractivity contribution in [2.24, 2.45) is 0 Å². The van der Waals surface area contributed by atoms with E-state index < -0.39 is 0 Å². The minimum Gasteiger partial charge on any atom is -0.508 e. The van der Waals surface area contributed by atoms with Gasteiger partial charge in [0.15, 0.2) is 5.78 Å². The number of nitrogens with zero attached hydrogens (tertiary/aromatic N) is 1. The Labute approximate surface area is 81.9 Å². The molecule has 0 radical (unpaired) electrons. The largest absolute Gasteiger partial charge is 0.508 e. The van der Waals surface area contributed by atoms with E-state index in [0.29, 0.717) is 24.2 Å². The van der Waals surface area contributed by atoms with Gasteiger partial charge in [-0.2, -0.15) is 0 Å². The molecule has 0 saturated heterocycles. The maximum Gasteiger partial charge on any atom is 0.166 e. The molecule has 0 bridgehead atoms. The van der Waals surface area contributed by atoms with Crippen LogP contribution in [0.5, 0.6) is 5.75 Å². The molecule has 1 aliphatic rings. The van der Waals surface area contributed by atoms with Crippen LogP contribution in [0.25, 0.3) is 0 Å². The van der Waals surface area contributed by atoms with Crippen molar-refractivity contribution in [3.63, 3.8) is 0 Å². The molecule has 0 saturated carbocycles. The summed E-state index contributed by atoms with van der Waals surface area (Å²) in [6.07, 6.45) is 0.479. The van der Waals surface area contributed by atoms with Crippen molar-refractivity contribution < 1.29 is 9.90 Å². The predicted octanol–water partition coefficient (Wildman–Crippen LogP) is 0.997. The Morgan fingerprint density at radius 2 is 2.21 bits per heavy atom. The summed E-state index contributed by atoms with van der Waals surface area (Å²) in [5.41, 5.74) is 7.45. The lowest BCUT2D eigenvalue weighted by molar-refractivity contribution is 0.0980. The predicted molar refractivity (Wildman–Crippen MR) is 54.7 cm³/mol. The maximum absolute atomic E-state index is 11.5. The van der Waals surface area contributed by atoms with Crippen molar-refractivity contribution in [3.05, 3.63) is 17.7 Å². The summed E-state index contributed by atoms with van der Waals surface area (Å²) in [7, 11) is 1.89. The van der Waals surface area contributed by atoms with Crippen LogP contribution in [0.2, 0.25) is 0 Å². The van der Waals surface area contributed by atoms with Gasteiger partial charge in [0, 0.05) is 31.6 Å². The van der Waals surface area contributed by atoms with Crippen LogP contribution in [-0.2, 0) is 0 Å². The normalized spacial score (nSPS) is 15.5. The van der Waals surface area contributed by atoms with E-state index in [1.807, 2.05) is 11.9 Å². The SMILES string of the molecule is CN1CCC(=O)c2cc(O)cc(N)c21. The molecule has 1 heterocycles. The maximum atomic E-state index is 11.5. The van der Waals surface area contributed by atoms with E-state index in [1.165, 1.54) is 12.1 Å². The lowest BCUT2D eigenvalue weighted by atomic mass is 9.99. The minimum absolute atomic E-state index is 0.0423. The van der Waals surface area contributed by atoms with Crippen molar-refractivity contribution in [3.8, 4) is 5.75 Å². The number of anilines is 2. The number of hydrogen-bond acceptors (Lipinski definition) is 4. The zero-order valence-electron chi connectivity index (χ0n) is 7.95. The lowest BCUT2D eigenvalue weighted by Gasteiger charge is -2.27. The summed E-state index contributed by atoms with van der Waals surface area (Å²) in [6, 6.07) is 2.94. The molecule has 1 aromatic carbocycles. The van der Waals surface area contributed by atoms with Crippen LogP contribution in [0.1, 0.15) is 16.8 Å². The second-order valence-corrected chi connectivity index (χ2v) is 3.53. The number of hydrogen-bond donors (Lipinski definition) is 2. The molecule has 2 rings (SSSR count). The molecule has 14 heavy (non-hydrogen) atoms. The summed E-state index contributed by atoms with van der Waals surface area (Å²) in [6.45, 7) is 0.681. The third-order valence-corrected chi connectivity index (χ3v) is 2.48. The van der Waals surface area contributed by atoms with Gasteiger partial charge in [0.1, 0.15) is 5.75 Å². The van der Waals surface area contributed by atoms with E-state index >= 15 is 0 Å². The number of phenolic OH excluding ortho intramolecular Hbond substituents is 1. The lowest BCUT2D eigenvalue weighted by Crippen LogP contribution is -2.29. The first kappa shape index (κ1) is 8.87. The fourth-order valence-corrected chi connectivity index (χ4v) is 1.80. The Hall–Kier alpha value is -1.71. The first-order valence-corrected chi connectivity index (χ1v) is 4.46. The van der Waals surface area contributed by atoms with Crippen molar-refractivity contribution in [1.82, 2.24) is 0 Å². The second kappa shape index (κ2) is 2.90. The van der Waals surface area contributed by atoms with E-state index in [1.54, 1.807) is 0 Å². The molecule has 1 aromatic rings. The van der Waals surface area contributed by atoms with Gasteiger partial charge in [0.25, 0.3) is 0 Å². The van der Waals surface area contributed by atoms with Gasteiger partial charge in [0.05, 0.1) is 11.4 Å². The van der Waals surface area contributed by atoms with Crippen LogP contribution in [0.4, 0.5) is 11.4 Å². The Morgan fingerprint density at radius 3 is 2.93 bits per heavy atom. The molecule has 0 fully saturated rings. The number of carbonyl (C=O) groups is 1. The number of Topliss-reactive ketones (excluding diaryl/α,β-unsaturated/α-hetero) is 1. The number of phenols is 1. The highest BCUT2D eigenvalue weighted by atomic mass is 16.3. The average molecular weight is 192 g/mol. The smallest absolute Gasteiger partial charge is 0.166 e. The fraction of sp³-hybridized carbons (Fsp3) is 0.300. The van der Waals surface area contributed by atoms with Gasteiger partial charge >= 0.3 is 0 Å². The van der Waals surface area contributed by atoms with Crippen molar-refractivity contribution in [1.29, 1.82) is 0 Å². The summed E-state index contributed by atoms with van der Waals surface area (Å²) >= 11 is 0. The standard InChI is InChI=1S/C10H12N2O2/c1-12-3-2-9(14)7-4-6(13)5-8(11)10(7)12/h4-5,13H,2-3,11H2,1H3. The van der Waals surface area contributed by atoms with Crippen molar-refractivity contribution >= 4 is 17.2 Å². The Morgan fingerprint density at radius 1 is 1.50 bits per heavy atom. The number of carbonyl (C=O) groups excluding carboxylic acids is 1. The van der Waals surface area contributed by atoms with Gasteiger partial charge < -0.3 is 15.7 Å². The number of benzene rings is 1. The van der Waals surface area contributed by atoms with E-state index in [4.69, 9.17) is 5.73 Å². The number of rotatable bonds is 0. The zero-order chi connectivity index (χ0) is 10.3. The quantitative estimate of drug-likeness (QED) is 0.602. The topological polar surface area (TPSA) is 66.6 Å². The molecule has 4 heteroatoms. The van der Waals surface area contributed by atoms with E-state index in [2.05, 4.69) is 0 Å². The number of nitrogen functional groups attached to an aromatic ring is 1. The monoisotopic (exact) mass is 192 g/mol. The summed E-state index contributed by atoms with van der Waals surface area (Å²) in [5.74, 6) is 0.0885. The van der Waals surface area contributed by atoms with E-state index in [-0.39, 0.29) is 11.5 Å². The molecule has 0 atom stereocenters. The minimum atomic E-state index is 0.0423. The number of nitrogens with two attached hydrogens (primary N) is 1. The average Bonchev–Trinajstić information content (AvgIpc) is 2.10. The highest BCUT2D eigenvalue weighted by molar-refractivity contribution is 6.06. The summed E-state index contributed by atoms with van der Waals surface area (Å²) < 4.78 is 0. The molecule has 0 unspecified atom stereocenters.